The smallest absolute Gasteiger partial charge is 0.317 e. The topological polar surface area (TPSA) is 105 Å². The lowest BCUT2D eigenvalue weighted by Gasteiger charge is -2.32. The number of nitrogens with zero attached hydrogens (tertiary/aromatic N) is 1. The summed E-state index contributed by atoms with van der Waals surface area (Å²) >= 11 is 0. The van der Waals surface area contributed by atoms with E-state index in [4.69, 9.17) is 5.73 Å². The van der Waals surface area contributed by atoms with Gasteiger partial charge < -0.3 is 16.0 Å². The summed E-state index contributed by atoms with van der Waals surface area (Å²) in [5.74, 6) is 0. The zero-order valence-corrected chi connectivity index (χ0v) is 14.1. The predicted octanol–water partition coefficient (Wildman–Crippen LogP) is 0.369. The van der Waals surface area contributed by atoms with Gasteiger partial charge in [-0.1, -0.05) is 24.3 Å². The zero-order valence-electron chi connectivity index (χ0n) is 13.3. The number of nitrogens with two attached hydrogens (primary N) is 1. The SMILES string of the molecule is CNS(=O)(=O)C1CCCN(C(=O)NCc2cccc(CN)c2)C1. The molecule has 0 saturated carbocycles. The Kier molecular flexibility index (Phi) is 5.97. The van der Waals surface area contributed by atoms with Gasteiger partial charge in [-0.05, 0) is 31.0 Å². The van der Waals surface area contributed by atoms with Crippen LogP contribution in [0.2, 0.25) is 0 Å². The van der Waals surface area contributed by atoms with Crippen molar-refractivity contribution < 1.29 is 13.2 Å². The van der Waals surface area contributed by atoms with Crippen LogP contribution >= 0.6 is 0 Å². The largest absolute Gasteiger partial charge is 0.334 e. The first-order valence-electron chi connectivity index (χ1n) is 7.69. The van der Waals surface area contributed by atoms with Gasteiger partial charge >= 0.3 is 6.03 Å². The van der Waals surface area contributed by atoms with Gasteiger partial charge in [0.15, 0.2) is 0 Å². The molecule has 1 aliphatic rings. The van der Waals surface area contributed by atoms with Crippen LogP contribution in [0.4, 0.5) is 4.79 Å². The van der Waals surface area contributed by atoms with E-state index in [9.17, 15) is 13.2 Å². The second kappa shape index (κ2) is 7.76. The van der Waals surface area contributed by atoms with Crippen LogP contribution in [0.15, 0.2) is 24.3 Å². The van der Waals surface area contributed by atoms with E-state index in [0.29, 0.717) is 32.5 Å². The Morgan fingerprint density at radius 1 is 1.39 bits per heavy atom. The maximum absolute atomic E-state index is 12.3. The summed E-state index contributed by atoms with van der Waals surface area (Å²) < 4.78 is 26.1. The molecule has 4 N–H and O–H groups in total. The molecule has 0 spiro atoms. The van der Waals surface area contributed by atoms with E-state index in [1.165, 1.54) is 7.05 Å². The zero-order chi connectivity index (χ0) is 16.9. The predicted molar refractivity (Wildman–Crippen MR) is 89.1 cm³/mol. The van der Waals surface area contributed by atoms with Crippen molar-refractivity contribution in [3.63, 3.8) is 0 Å². The van der Waals surface area contributed by atoms with Crippen molar-refractivity contribution in [1.29, 1.82) is 0 Å². The second-order valence-corrected chi connectivity index (χ2v) is 7.81. The summed E-state index contributed by atoms with van der Waals surface area (Å²) in [5, 5.41) is 2.29. The summed E-state index contributed by atoms with van der Waals surface area (Å²) in [5.41, 5.74) is 7.58. The molecular formula is C15H24N4O3S. The Hall–Kier alpha value is -1.64. The van der Waals surface area contributed by atoms with Gasteiger partial charge in [0.2, 0.25) is 10.0 Å². The van der Waals surface area contributed by atoms with Crippen LogP contribution in [-0.4, -0.2) is 44.7 Å². The van der Waals surface area contributed by atoms with E-state index in [1.807, 2.05) is 24.3 Å². The van der Waals surface area contributed by atoms with Crippen LogP contribution < -0.4 is 15.8 Å². The molecule has 1 aromatic rings. The number of carbonyl (C=O) groups excluding carboxylic acids is 1. The molecule has 128 valence electrons. The molecule has 1 unspecified atom stereocenters. The van der Waals surface area contributed by atoms with Gasteiger partial charge in [-0.2, -0.15) is 0 Å². The van der Waals surface area contributed by atoms with E-state index in [-0.39, 0.29) is 12.6 Å². The number of piperidine rings is 1. The number of amides is 2. The number of hydrogen-bond donors (Lipinski definition) is 3. The van der Waals surface area contributed by atoms with E-state index in [0.717, 1.165) is 11.1 Å². The van der Waals surface area contributed by atoms with Crippen LogP contribution in [0, 0.1) is 0 Å². The fourth-order valence-electron chi connectivity index (χ4n) is 2.70. The summed E-state index contributed by atoms with van der Waals surface area (Å²) in [6.45, 7) is 1.65. The Morgan fingerprint density at radius 3 is 2.83 bits per heavy atom. The Labute approximate surface area is 137 Å². The molecule has 0 radical (unpaired) electrons. The third-order valence-electron chi connectivity index (χ3n) is 4.06. The molecule has 0 bridgehead atoms. The van der Waals surface area contributed by atoms with Gasteiger partial charge in [-0.15, -0.1) is 0 Å². The van der Waals surface area contributed by atoms with E-state index >= 15 is 0 Å². The molecule has 2 amide bonds. The summed E-state index contributed by atoms with van der Waals surface area (Å²) in [7, 11) is -1.95. The standard InChI is InChI=1S/C15H24N4O3S/c1-17-23(21,22)14-6-3-7-19(11-14)15(20)18-10-13-5-2-4-12(8-13)9-16/h2,4-5,8,14,17H,3,6-7,9-11,16H2,1H3,(H,18,20). The number of benzene rings is 1. The molecule has 1 heterocycles. The van der Waals surface area contributed by atoms with Gasteiger partial charge in [0.05, 0.1) is 5.25 Å². The molecule has 1 atom stereocenters. The summed E-state index contributed by atoms with van der Waals surface area (Å²) in [6.07, 6.45) is 1.26. The Morgan fingerprint density at radius 2 is 2.13 bits per heavy atom. The lowest BCUT2D eigenvalue weighted by Crippen LogP contribution is -2.50. The fourth-order valence-corrected chi connectivity index (χ4v) is 3.89. The first-order valence-corrected chi connectivity index (χ1v) is 9.24. The second-order valence-electron chi connectivity index (χ2n) is 5.64. The van der Waals surface area contributed by atoms with E-state index in [2.05, 4.69) is 10.0 Å². The lowest BCUT2D eigenvalue weighted by molar-refractivity contribution is 0.186. The van der Waals surface area contributed by atoms with Crippen molar-refractivity contribution in [3.8, 4) is 0 Å². The average Bonchev–Trinajstić information content (AvgIpc) is 2.60. The van der Waals surface area contributed by atoms with Crippen molar-refractivity contribution >= 4 is 16.1 Å². The molecule has 1 aromatic carbocycles. The van der Waals surface area contributed by atoms with Crippen molar-refractivity contribution in [3.05, 3.63) is 35.4 Å². The minimum Gasteiger partial charge on any atom is -0.334 e. The maximum Gasteiger partial charge on any atom is 0.317 e. The number of likely N-dealkylation sites (tertiary alicyclic amines) is 1. The minimum atomic E-state index is -3.35. The molecule has 2 rings (SSSR count). The van der Waals surface area contributed by atoms with Crippen molar-refractivity contribution in [2.45, 2.75) is 31.2 Å². The molecule has 1 saturated heterocycles. The van der Waals surface area contributed by atoms with E-state index < -0.39 is 15.3 Å². The number of rotatable bonds is 5. The van der Waals surface area contributed by atoms with Crippen LogP contribution in [0.1, 0.15) is 24.0 Å². The van der Waals surface area contributed by atoms with Crippen LogP contribution in [0.25, 0.3) is 0 Å². The Bertz CT molecular complexity index is 648. The highest BCUT2D eigenvalue weighted by Gasteiger charge is 2.31. The minimum absolute atomic E-state index is 0.220. The van der Waals surface area contributed by atoms with Gasteiger partial charge in [0.1, 0.15) is 0 Å². The van der Waals surface area contributed by atoms with Crippen molar-refractivity contribution in [1.82, 2.24) is 14.9 Å². The van der Waals surface area contributed by atoms with E-state index in [1.54, 1.807) is 4.90 Å². The molecule has 8 heteroatoms. The van der Waals surface area contributed by atoms with Gasteiger partial charge in [0, 0.05) is 26.2 Å². The highest BCUT2D eigenvalue weighted by Crippen LogP contribution is 2.16. The summed E-state index contributed by atoms with van der Waals surface area (Å²) in [6, 6.07) is 7.47. The summed E-state index contributed by atoms with van der Waals surface area (Å²) in [4.78, 5) is 13.8. The van der Waals surface area contributed by atoms with Crippen LogP contribution in [-0.2, 0) is 23.1 Å². The normalized spacial score (nSPS) is 18.7. The fraction of sp³-hybridized carbons (Fsp3) is 0.533. The highest BCUT2D eigenvalue weighted by molar-refractivity contribution is 7.90. The number of urea groups is 1. The monoisotopic (exact) mass is 340 g/mol. The maximum atomic E-state index is 12.3. The third-order valence-corrected chi connectivity index (χ3v) is 5.89. The van der Waals surface area contributed by atoms with Crippen LogP contribution in [0.5, 0.6) is 0 Å². The first kappa shape index (κ1) is 17.7. The van der Waals surface area contributed by atoms with Crippen molar-refractivity contribution in [2.75, 3.05) is 20.1 Å². The molecular weight excluding hydrogens is 316 g/mol. The molecule has 23 heavy (non-hydrogen) atoms. The molecule has 0 aromatic heterocycles. The van der Waals surface area contributed by atoms with Gasteiger partial charge in [0.25, 0.3) is 0 Å². The third kappa shape index (κ3) is 4.66. The lowest BCUT2D eigenvalue weighted by atomic mass is 10.1. The molecule has 0 aliphatic carbocycles. The molecule has 1 aliphatic heterocycles. The van der Waals surface area contributed by atoms with Gasteiger partial charge in [-0.3, -0.25) is 0 Å². The molecule has 7 nitrogen and oxygen atoms in total. The number of carbonyl (C=O) groups is 1. The highest BCUT2D eigenvalue weighted by atomic mass is 32.2. The van der Waals surface area contributed by atoms with Crippen molar-refractivity contribution in [2.24, 2.45) is 5.73 Å². The quantitative estimate of drug-likeness (QED) is 0.720. The number of nitrogens with one attached hydrogen (secondary N) is 2. The average molecular weight is 340 g/mol. The van der Waals surface area contributed by atoms with Crippen LogP contribution in [0.3, 0.4) is 0 Å². The van der Waals surface area contributed by atoms with Gasteiger partial charge in [-0.25, -0.2) is 17.9 Å². The number of hydrogen-bond acceptors (Lipinski definition) is 4. The Balaban J connectivity index is 1.92. The first-order chi connectivity index (χ1) is 11.0. The molecule has 1 fully saturated rings. The number of sulfonamides is 1.